The van der Waals surface area contributed by atoms with Gasteiger partial charge in [-0.15, -0.1) is 0 Å². The molecule has 6 heteroatoms. The van der Waals surface area contributed by atoms with Gasteiger partial charge in [0.05, 0.1) is 11.1 Å². The fraction of sp³-hybridized carbons (Fsp3) is 0.400. The molecule has 6 nitrogen and oxygen atoms in total. The van der Waals surface area contributed by atoms with E-state index in [0.717, 1.165) is 0 Å². The van der Waals surface area contributed by atoms with Crippen LogP contribution in [0.1, 0.15) is 40.0 Å². The maximum atomic E-state index is 12.1. The molecule has 0 aromatic heterocycles. The fourth-order valence-corrected chi connectivity index (χ4v) is 2.24. The Balaban J connectivity index is 1.81. The zero-order valence-corrected chi connectivity index (χ0v) is 11.7. The number of benzene rings is 1. The van der Waals surface area contributed by atoms with Crippen LogP contribution in [0.3, 0.4) is 0 Å². The molecule has 0 radical (unpaired) electrons. The standard InChI is InChI=1S/C15H18N2O4/c18-10-4-8-16-13(19)7-3-9-17-14(20)11-5-1-2-6-12(11)15(17)21/h1-2,5-6,18H,3-4,7-10H2,(H,16,19). The van der Waals surface area contributed by atoms with Crippen molar-refractivity contribution in [3.05, 3.63) is 35.4 Å². The molecule has 1 aliphatic heterocycles. The lowest BCUT2D eigenvalue weighted by atomic mass is 10.1. The van der Waals surface area contributed by atoms with Crippen molar-refractivity contribution in [1.29, 1.82) is 0 Å². The van der Waals surface area contributed by atoms with Gasteiger partial charge < -0.3 is 10.4 Å². The van der Waals surface area contributed by atoms with E-state index < -0.39 is 0 Å². The van der Waals surface area contributed by atoms with Gasteiger partial charge in [-0.1, -0.05) is 12.1 Å². The number of imide groups is 1. The van der Waals surface area contributed by atoms with E-state index in [1.807, 2.05) is 0 Å². The number of hydrogen-bond acceptors (Lipinski definition) is 4. The number of amides is 3. The average Bonchev–Trinajstić information content (AvgIpc) is 2.73. The average molecular weight is 290 g/mol. The van der Waals surface area contributed by atoms with E-state index >= 15 is 0 Å². The van der Waals surface area contributed by atoms with E-state index in [9.17, 15) is 14.4 Å². The number of nitrogens with zero attached hydrogens (tertiary/aromatic N) is 1. The summed E-state index contributed by atoms with van der Waals surface area (Å²) < 4.78 is 0. The summed E-state index contributed by atoms with van der Waals surface area (Å²) in [7, 11) is 0. The van der Waals surface area contributed by atoms with Crippen molar-refractivity contribution in [2.75, 3.05) is 19.7 Å². The van der Waals surface area contributed by atoms with Crippen LogP contribution in [0.4, 0.5) is 0 Å². The van der Waals surface area contributed by atoms with Crippen LogP contribution in [0, 0.1) is 0 Å². The summed E-state index contributed by atoms with van der Waals surface area (Å²) in [5.74, 6) is -0.729. The lowest BCUT2D eigenvalue weighted by Gasteiger charge is -2.13. The SMILES string of the molecule is O=C(CCCN1C(=O)c2ccccc2C1=O)NCCCO. The maximum absolute atomic E-state index is 12.1. The summed E-state index contributed by atoms with van der Waals surface area (Å²) in [6, 6.07) is 6.72. The molecule has 0 saturated heterocycles. The molecule has 2 N–H and O–H groups in total. The summed E-state index contributed by atoms with van der Waals surface area (Å²) in [6.45, 7) is 0.706. The first-order valence-electron chi connectivity index (χ1n) is 6.98. The van der Waals surface area contributed by atoms with Gasteiger partial charge in [-0.05, 0) is 25.0 Å². The van der Waals surface area contributed by atoms with Crippen molar-refractivity contribution >= 4 is 17.7 Å². The molecule has 1 aromatic rings. The van der Waals surface area contributed by atoms with E-state index in [1.165, 1.54) is 4.90 Å². The van der Waals surface area contributed by atoms with Gasteiger partial charge >= 0.3 is 0 Å². The molecule has 0 spiro atoms. The Bertz CT molecular complexity index is 521. The highest BCUT2D eigenvalue weighted by Gasteiger charge is 2.34. The second-order valence-corrected chi connectivity index (χ2v) is 4.84. The van der Waals surface area contributed by atoms with E-state index in [-0.39, 0.29) is 37.3 Å². The predicted octanol–water partition coefficient (Wildman–Crippen LogP) is 0.561. The number of fused-ring (bicyclic) bond motifs is 1. The summed E-state index contributed by atoms with van der Waals surface area (Å²) >= 11 is 0. The minimum absolute atomic E-state index is 0.0370. The summed E-state index contributed by atoms with van der Waals surface area (Å²) in [5, 5.41) is 11.3. The topological polar surface area (TPSA) is 86.7 Å². The summed E-state index contributed by atoms with van der Waals surface area (Å²) in [5.41, 5.74) is 0.852. The minimum atomic E-state index is -0.295. The monoisotopic (exact) mass is 290 g/mol. The quantitative estimate of drug-likeness (QED) is 0.567. The molecule has 0 aliphatic carbocycles. The molecule has 0 saturated carbocycles. The molecule has 112 valence electrons. The summed E-state index contributed by atoms with van der Waals surface area (Å²) in [6.07, 6.45) is 1.19. The molecular formula is C15H18N2O4. The van der Waals surface area contributed by atoms with Gasteiger partial charge in [-0.2, -0.15) is 0 Å². The zero-order chi connectivity index (χ0) is 15.2. The molecule has 0 atom stereocenters. The maximum Gasteiger partial charge on any atom is 0.261 e. The fourth-order valence-electron chi connectivity index (χ4n) is 2.24. The third kappa shape index (κ3) is 3.46. The molecule has 1 aliphatic rings. The first kappa shape index (κ1) is 15.2. The molecule has 3 amide bonds. The molecule has 2 rings (SSSR count). The summed E-state index contributed by atoms with van der Waals surface area (Å²) in [4.78, 5) is 36.8. The Morgan fingerprint density at radius 1 is 1.10 bits per heavy atom. The van der Waals surface area contributed by atoms with Gasteiger partial charge in [0, 0.05) is 26.1 Å². The number of nitrogens with one attached hydrogen (secondary N) is 1. The van der Waals surface area contributed by atoms with Crippen LogP contribution in [-0.4, -0.2) is 47.4 Å². The van der Waals surface area contributed by atoms with E-state index in [4.69, 9.17) is 5.11 Å². The molecule has 21 heavy (non-hydrogen) atoms. The van der Waals surface area contributed by atoms with Crippen LogP contribution in [0.15, 0.2) is 24.3 Å². The first-order chi connectivity index (χ1) is 10.1. The Labute approximate surface area is 122 Å². The van der Waals surface area contributed by atoms with E-state index in [1.54, 1.807) is 24.3 Å². The van der Waals surface area contributed by atoms with E-state index in [0.29, 0.717) is 30.5 Å². The van der Waals surface area contributed by atoms with Crippen LogP contribution in [-0.2, 0) is 4.79 Å². The Morgan fingerprint density at radius 2 is 1.71 bits per heavy atom. The number of aliphatic hydroxyl groups excluding tert-OH is 1. The smallest absolute Gasteiger partial charge is 0.261 e. The lowest BCUT2D eigenvalue weighted by Crippen LogP contribution is -2.32. The third-order valence-electron chi connectivity index (χ3n) is 3.32. The van der Waals surface area contributed by atoms with Gasteiger partial charge in [0.2, 0.25) is 5.91 Å². The van der Waals surface area contributed by atoms with Crippen molar-refractivity contribution in [2.24, 2.45) is 0 Å². The highest BCUT2D eigenvalue weighted by Crippen LogP contribution is 2.22. The van der Waals surface area contributed by atoms with Gasteiger partial charge in [0.1, 0.15) is 0 Å². The predicted molar refractivity (Wildman–Crippen MR) is 75.8 cm³/mol. The second-order valence-electron chi connectivity index (χ2n) is 4.84. The van der Waals surface area contributed by atoms with Gasteiger partial charge in [-0.25, -0.2) is 0 Å². The lowest BCUT2D eigenvalue weighted by molar-refractivity contribution is -0.121. The van der Waals surface area contributed by atoms with Gasteiger partial charge in [-0.3, -0.25) is 19.3 Å². The van der Waals surface area contributed by atoms with Crippen molar-refractivity contribution in [2.45, 2.75) is 19.3 Å². The molecule has 0 bridgehead atoms. The Kier molecular flexibility index (Phi) is 5.05. The first-order valence-corrected chi connectivity index (χ1v) is 6.98. The van der Waals surface area contributed by atoms with Gasteiger partial charge in [0.25, 0.3) is 11.8 Å². The third-order valence-corrected chi connectivity index (χ3v) is 3.32. The number of hydrogen-bond donors (Lipinski definition) is 2. The number of carbonyl (C=O) groups excluding carboxylic acids is 3. The largest absolute Gasteiger partial charge is 0.396 e. The van der Waals surface area contributed by atoms with E-state index in [2.05, 4.69) is 5.32 Å². The minimum Gasteiger partial charge on any atom is -0.396 e. The van der Waals surface area contributed by atoms with Crippen molar-refractivity contribution < 1.29 is 19.5 Å². The zero-order valence-electron chi connectivity index (χ0n) is 11.7. The van der Waals surface area contributed by atoms with Crippen molar-refractivity contribution in [3.8, 4) is 0 Å². The molecule has 0 fully saturated rings. The number of carbonyl (C=O) groups is 3. The normalized spacial score (nSPS) is 13.5. The molecular weight excluding hydrogens is 272 g/mol. The van der Waals surface area contributed by atoms with Gasteiger partial charge in [0.15, 0.2) is 0 Å². The van der Waals surface area contributed by atoms with Crippen LogP contribution >= 0.6 is 0 Å². The van der Waals surface area contributed by atoms with Crippen molar-refractivity contribution in [1.82, 2.24) is 10.2 Å². The Hall–Kier alpha value is -2.21. The van der Waals surface area contributed by atoms with Crippen molar-refractivity contribution in [3.63, 3.8) is 0 Å². The second kappa shape index (κ2) is 6.99. The number of aliphatic hydroxyl groups is 1. The molecule has 1 heterocycles. The number of rotatable bonds is 7. The van der Waals surface area contributed by atoms with Crippen LogP contribution in [0.2, 0.25) is 0 Å². The Morgan fingerprint density at radius 3 is 2.29 bits per heavy atom. The van der Waals surface area contributed by atoms with Crippen LogP contribution < -0.4 is 5.32 Å². The molecule has 1 aromatic carbocycles. The highest BCUT2D eigenvalue weighted by molar-refractivity contribution is 6.21. The van der Waals surface area contributed by atoms with Crippen LogP contribution in [0.5, 0.6) is 0 Å². The molecule has 0 unspecified atom stereocenters. The highest BCUT2D eigenvalue weighted by atomic mass is 16.3. The van der Waals surface area contributed by atoms with Crippen LogP contribution in [0.25, 0.3) is 0 Å².